The van der Waals surface area contributed by atoms with Crippen LogP contribution in [0.1, 0.15) is 40.5 Å². The molecular formula is C10H17NO. The number of hydrogen-bond acceptors (Lipinski definition) is 2. The number of rotatable bonds is 4. The third-order valence-electron chi connectivity index (χ3n) is 2.25. The van der Waals surface area contributed by atoms with E-state index < -0.39 is 5.41 Å². The number of hydrogen-bond donors (Lipinski definition) is 0. The smallest absolute Gasteiger partial charge is 0.149 e. The van der Waals surface area contributed by atoms with Gasteiger partial charge in [-0.05, 0) is 32.6 Å². The molecule has 0 aliphatic carbocycles. The van der Waals surface area contributed by atoms with Gasteiger partial charge in [0.25, 0.3) is 0 Å². The van der Waals surface area contributed by atoms with Gasteiger partial charge < -0.3 is 0 Å². The van der Waals surface area contributed by atoms with Gasteiger partial charge >= 0.3 is 0 Å². The molecule has 0 amide bonds. The number of carbonyl (C=O) groups excluding carboxylic acids is 1. The molecule has 0 fully saturated rings. The monoisotopic (exact) mass is 167 g/mol. The average Bonchev–Trinajstić information content (AvgIpc) is 1.99. The van der Waals surface area contributed by atoms with Crippen LogP contribution in [0.5, 0.6) is 0 Å². The van der Waals surface area contributed by atoms with Crippen LogP contribution < -0.4 is 0 Å². The van der Waals surface area contributed by atoms with Crippen LogP contribution in [-0.4, -0.2) is 5.78 Å². The minimum Gasteiger partial charge on any atom is -0.298 e. The van der Waals surface area contributed by atoms with E-state index >= 15 is 0 Å². The third-order valence-corrected chi connectivity index (χ3v) is 2.25. The minimum absolute atomic E-state index is 0.0225. The summed E-state index contributed by atoms with van der Waals surface area (Å²) in [5.41, 5.74) is -0.760. The van der Waals surface area contributed by atoms with Crippen LogP contribution in [0.3, 0.4) is 0 Å². The van der Waals surface area contributed by atoms with E-state index in [4.69, 9.17) is 5.26 Å². The van der Waals surface area contributed by atoms with Crippen molar-refractivity contribution < 1.29 is 4.79 Å². The molecule has 0 rings (SSSR count). The Bertz CT molecular complexity index is 202. The molecular weight excluding hydrogens is 150 g/mol. The first-order chi connectivity index (χ1) is 5.42. The molecule has 2 nitrogen and oxygen atoms in total. The molecule has 0 radical (unpaired) electrons. The molecule has 0 aliphatic heterocycles. The Morgan fingerprint density at radius 2 is 2.08 bits per heavy atom. The predicted octanol–water partition coefficient (Wildman–Crippen LogP) is 2.54. The highest BCUT2D eigenvalue weighted by Gasteiger charge is 2.29. The van der Waals surface area contributed by atoms with Gasteiger partial charge in [0.1, 0.15) is 11.2 Å². The summed E-state index contributed by atoms with van der Waals surface area (Å²) in [5.74, 6) is 0.530. The Hall–Kier alpha value is -0.840. The molecule has 0 saturated heterocycles. The standard InChI is InChI=1S/C10H17NO/c1-8(2)5-6-10(4,7-11)9(3)12/h8H,5-6H2,1-4H3. The van der Waals surface area contributed by atoms with E-state index in [2.05, 4.69) is 19.9 Å². The lowest BCUT2D eigenvalue weighted by molar-refractivity contribution is -0.123. The van der Waals surface area contributed by atoms with Crippen LogP contribution in [0.15, 0.2) is 0 Å². The maximum atomic E-state index is 11.1. The topological polar surface area (TPSA) is 40.9 Å². The third kappa shape index (κ3) is 3.04. The van der Waals surface area contributed by atoms with Crippen molar-refractivity contribution >= 4 is 5.78 Å². The molecule has 0 saturated carbocycles. The molecule has 1 atom stereocenters. The molecule has 0 aromatic rings. The second-order valence-electron chi connectivity index (χ2n) is 3.93. The van der Waals surface area contributed by atoms with E-state index in [9.17, 15) is 4.79 Å². The largest absolute Gasteiger partial charge is 0.298 e. The first kappa shape index (κ1) is 11.2. The summed E-state index contributed by atoms with van der Waals surface area (Å²) in [6, 6.07) is 2.08. The highest BCUT2D eigenvalue weighted by atomic mass is 16.1. The van der Waals surface area contributed by atoms with E-state index in [0.29, 0.717) is 12.3 Å². The lowest BCUT2D eigenvalue weighted by Gasteiger charge is -2.18. The van der Waals surface area contributed by atoms with Gasteiger partial charge in [-0.25, -0.2) is 0 Å². The van der Waals surface area contributed by atoms with Crippen molar-refractivity contribution in [2.24, 2.45) is 11.3 Å². The quantitative estimate of drug-likeness (QED) is 0.645. The number of nitriles is 1. The van der Waals surface area contributed by atoms with Crippen LogP contribution in [0.2, 0.25) is 0 Å². The van der Waals surface area contributed by atoms with Gasteiger partial charge in [-0.2, -0.15) is 5.26 Å². The van der Waals surface area contributed by atoms with Crippen molar-refractivity contribution in [2.75, 3.05) is 0 Å². The molecule has 0 bridgehead atoms. The fourth-order valence-corrected chi connectivity index (χ4v) is 0.888. The van der Waals surface area contributed by atoms with Gasteiger partial charge in [0.05, 0.1) is 6.07 Å². The van der Waals surface area contributed by atoms with Crippen LogP contribution in [0, 0.1) is 22.7 Å². The molecule has 0 N–H and O–H groups in total. The molecule has 0 aliphatic rings. The van der Waals surface area contributed by atoms with Gasteiger partial charge in [0.15, 0.2) is 0 Å². The van der Waals surface area contributed by atoms with Gasteiger partial charge in [0.2, 0.25) is 0 Å². The number of carbonyl (C=O) groups is 1. The second-order valence-corrected chi connectivity index (χ2v) is 3.93. The van der Waals surface area contributed by atoms with Crippen molar-refractivity contribution in [2.45, 2.75) is 40.5 Å². The predicted molar refractivity (Wildman–Crippen MR) is 48.5 cm³/mol. The summed E-state index contributed by atoms with van der Waals surface area (Å²) >= 11 is 0. The summed E-state index contributed by atoms with van der Waals surface area (Å²) in [7, 11) is 0. The van der Waals surface area contributed by atoms with E-state index in [1.165, 1.54) is 6.92 Å². The lowest BCUT2D eigenvalue weighted by Crippen LogP contribution is -2.23. The van der Waals surface area contributed by atoms with E-state index in [0.717, 1.165) is 6.42 Å². The van der Waals surface area contributed by atoms with Crippen LogP contribution >= 0.6 is 0 Å². The molecule has 12 heavy (non-hydrogen) atoms. The number of Topliss-reactive ketones (excluding diaryl/α,β-unsaturated/α-hetero) is 1. The summed E-state index contributed by atoms with van der Waals surface area (Å²) in [5, 5.41) is 8.80. The lowest BCUT2D eigenvalue weighted by atomic mass is 9.81. The molecule has 2 heteroatoms. The van der Waals surface area contributed by atoms with Crippen molar-refractivity contribution in [1.82, 2.24) is 0 Å². The Morgan fingerprint density at radius 3 is 2.33 bits per heavy atom. The Labute approximate surface area is 74.6 Å². The highest BCUT2D eigenvalue weighted by molar-refractivity contribution is 5.84. The van der Waals surface area contributed by atoms with Crippen molar-refractivity contribution in [3.8, 4) is 6.07 Å². The zero-order valence-electron chi connectivity index (χ0n) is 8.35. The Morgan fingerprint density at radius 1 is 1.58 bits per heavy atom. The zero-order valence-corrected chi connectivity index (χ0v) is 8.35. The molecule has 0 aromatic heterocycles. The second kappa shape index (κ2) is 4.25. The molecule has 0 heterocycles. The van der Waals surface area contributed by atoms with Crippen molar-refractivity contribution in [3.05, 3.63) is 0 Å². The average molecular weight is 167 g/mol. The maximum Gasteiger partial charge on any atom is 0.149 e. The molecule has 0 aromatic carbocycles. The normalized spacial score (nSPS) is 15.3. The fourth-order valence-electron chi connectivity index (χ4n) is 0.888. The summed E-state index contributed by atoms with van der Waals surface area (Å²) in [4.78, 5) is 11.1. The zero-order chi connectivity index (χ0) is 9.78. The van der Waals surface area contributed by atoms with Crippen LogP contribution in [-0.2, 0) is 4.79 Å². The van der Waals surface area contributed by atoms with Crippen LogP contribution in [0.4, 0.5) is 0 Å². The summed E-state index contributed by atoms with van der Waals surface area (Å²) < 4.78 is 0. The van der Waals surface area contributed by atoms with Crippen molar-refractivity contribution in [1.29, 1.82) is 5.26 Å². The van der Waals surface area contributed by atoms with Gasteiger partial charge in [0, 0.05) is 0 Å². The fraction of sp³-hybridized carbons (Fsp3) is 0.800. The summed E-state index contributed by atoms with van der Waals surface area (Å²) in [6.07, 6.45) is 1.61. The highest BCUT2D eigenvalue weighted by Crippen LogP contribution is 2.25. The summed E-state index contributed by atoms with van der Waals surface area (Å²) in [6.45, 7) is 7.40. The SMILES string of the molecule is CC(=O)C(C)(C#N)CCC(C)C. The van der Waals surface area contributed by atoms with Gasteiger partial charge in [-0.1, -0.05) is 13.8 Å². The van der Waals surface area contributed by atoms with E-state index in [-0.39, 0.29) is 5.78 Å². The number of nitrogens with zero attached hydrogens (tertiary/aromatic N) is 1. The minimum atomic E-state index is -0.760. The Balaban J connectivity index is 4.19. The Kier molecular flexibility index (Phi) is 3.95. The van der Waals surface area contributed by atoms with Gasteiger partial charge in [-0.15, -0.1) is 0 Å². The maximum absolute atomic E-state index is 11.1. The number of ketones is 1. The molecule has 68 valence electrons. The van der Waals surface area contributed by atoms with E-state index in [1.54, 1.807) is 6.92 Å². The first-order valence-electron chi connectivity index (χ1n) is 4.34. The van der Waals surface area contributed by atoms with Gasteiger partial charge in [-0.3, -0.25) is 4.79 Å². The van der Waals surface area contributed by atoms with Crippen LogP contribution in [0.25, 0.3) is 0 Å². The van der Waals surface area contributed by atoms with Crippen molar-refractivity contribution in [3.63, 3.8) is 0 Å². The molecule has 1 unspecified atom stereocenters. The molecule has 0 spiro atoms. The van der Waals surface area contributed by atoms with E-state index in [1.807, 2.05) is 0 Å². The first-order valence-corrected chi connectivity index (χ1v) is 4.34.